The molecule has 1 aliphatic rings. The first-order chi connectivity index (χ1) is 15.6. The molecule has 0 fully saturated rings. The predicted molar refractivity (Wildman–Crippen MR) is 124 cm³/mol. The van der Waals surface area contributed by atoms with Gasteiger partial charge >= 0.3 is 0 Å². The van der Waals surface area contributed by atoms with Gasteiger partial charge in [-0.25, -0.2) is 0 Å². The van der Waals surface area contributed by atoms with Crippen LogP contribution in [0.25, 0.3) is 0 Å². The topological polar surface area (TPSA) is 76.7 Å². The molecule has 6 nitrogen and oxygen atoms in total. The zero-order chi connectivity index (χ0) is 22.3. The van der Waals surface area contributed by atoms with Crippen LogP contribution in [0.4, 0.5) is 0 Å². The van der Waals surface area contributed by atoms with Gasteiger partial charge in [0.05, 0.1) is 12.6 Å². The van der Waals surface area contributed by atoms with Gasteiger partial charge in [0.2, 0.25) is 12.7 Å². The van der Waals surface area contributed by atoms with Crippen LogP contribution < -0.4 is 20.1 Å². The highest BCUT2D eigenvalue weighted by molar-refractivity contribution is 7.10. The summed E-state index contributed by atoms with van der Waals surface area (Å²) in [6.45, 7) is 2.21. The predicted octanol–water partition coefficient (Wildman–Crippen LogP) is 4.46. The van der Waals surface area contributed by atoms with Gasteiger partial charge in [-0.3, -0.25) is 9.59 Å². The highest BCUT2D eigenvalue weighted by Crippen LogP contribution is 2.32. The molecule has 0 saturated heterocycles. The highest BCUT2D eigenvalue weighted by atomic mass is 32.1. The maximum Gasteiger partial charge on any atom is 0.251 e. The van der Waals surface area contributed by atoms with Crippen LogP contribution in [0, 0.1) is 0 Å². The zero-order valence-electron chi connectivity index (χ0n) is 17.9. The molecule has 2 aromatic carbocycles. The lowest BCUT2D eigenvalue weighted by atomic mass is 10.0. The summed E-state index contributed by atoms with van der Waals surface area (Å²) in [6.07, 6.45) is 3.37. The Hall–Kier alpha value is -3.32. The number of unbranched alkanes of at least 4 members (excludes halogenated alkanes) is 1. The van der Waals surface area contributed by atoms with Gasteiger partial charge in [0.15, 0.2) is 11.5 Å². The van der Waals surface area contributed by atoms with Gasteiger partial charge < -0.3 is 20.1 Å². The Labute approximate surface area is 191 Å². The van der Waals surface area contributed by atoms with E-state index in [1.165, 1.54) is 5.56 Å². The Kier molecular flexibility index (Phi) is 7.07. The van der Waals surface area contributed by atoms with E-state index in [1.807, 2.05) is 17.5 Å². The Balaban J connectivity index is 1.39. The van der Waals surface area contributed by atoms with E-state index in [0.29, 0.717) is 17.1 Å². The van der Waals surface area contributed by atoms with Gasteiger partial charge in [0, 0.05) is 10.4 Å². The molecule has 1 aromatic heterocycles. The molecule has 1 unspecified atom stereocenters. The van der Waals surface area contributed by atoms with Crippen molar-refractivity contribution in [2.75, 3.05) is 13.3 Å². The van der Waals surface area contributed by atoms with Crippen LogP contribution in [0.2, 0.25) is 0 Å². The molecule has 166 valence electrons. The first-order valence-electron chi connectivity index (χ1n) is 10.7. The largest absolute Gasteiger partial charge is 0.454 e. The maximum atomic E-state index is 12.7. The van der Waals surface area contributed by atoms with Crippen molar-refractivity contribution in [2.45, 2.75) is 32.2 Å². The third kappa shape index (κ3) is 5.29. The Morgan fingerprint density at radius 1 is 1.06 bits per heavy atom. The number of fused-ring (bicyclic) bond motifs is 1. The van der Waals surface area contributed by atoms with E-state index in [1.54, 1.807) is 29.5 Å². The van der Waals surface area contributed by atoms with Crippen LogP contribution in [0.1, 0.15) is 52.2 Å². The molecule has 0 aliphatic carbocycles. The lowest BCUT2D eigenvalue weighted by Gasteiger charge is -2.19. The second-order valence-corrected chi connectivity index (χ2v) is 8.59. The fourth-order valence-corrected chi connectivity index (χ4v) is 4.35. The SMILES string of the molecule is CCCCc1ccc(C(NC(=O)CNC(=O)c2ccc3c(c2)OCO3)c2cccs2)cc1. The van der Waals surface area contributed by atoms with E-state index >= 15 is 0 Å². The first kappa shape index (κ1) is 21.9. The quantitative estimate of drug-likeness (QED) is 0.505. The monoisotopic (exact) mass is 450 g/mol. The Morgan fingerprint density at radius 3 is 2.62 bits per heavy atom. The molecule has 0 saturated carbocycles. The second kappa shape index (κ2) is 10.3. The van der Waals surface area contributed by atoms with Crippen molar-refractivity contribution >= 4 is 23.2 Å². The summed E-state index contributed by atoms with van der Waals surface area (Å²) in [4.78, 5) is 26.2. The smallest absolute Gasteiger partial charge is 0.251 e. The van der Waals surface area contributed by atoms with E-state index in [0.717, 1.165) is 29.7 Å². The molecule has 7 heteroatoms. The number of thiophene rings is 1. The Bertz CT molecular complexity index is 1060. The average molecular weight is 451 g/mol. The normalized spacial score (nSPS) is 12.9. The average Bonchev–Trinajstić information content (AvgIpc) is 3.51. The molecular formula is C25H26N2O4S. The van der Waals surface area contributed by atoms with E-state index in [9.17, 15) is 9.59 Å². The fourth-order valence-electron chi connectivity index (χ4n) is 3.54. The summed E-state index contributed by atoms with van der Waals surface area (Å²) >= 11 is 1.59. The van der Waals surface area contributed by atoms with Crippen LogP contribution in [0.3, 0.4) is 0 Å². The first-order valence-corrected chi connectivity index (χ1v) is 11.6. The van der Waals surface area contributed by atoms with Crippen LogP contribution in [-0.4, -0.2) is 25.2 Å². The number of carbonyl (C=O) groups is 2. The lowest BCUT2D eigenvalue weighted by molar-refractivity contribution is -0.120. The number of rotatable bonds is 9. The molecule has 1 atom stereocenters. The summed E-state index contributed by atoms with van der Waals surface area (Å²) in [7, 11) is 0. The van der Waals surface area contributed by atoms with Gasteiger partial charge in [-0.05, 0) is 53.6 Å². The standard InChI is InChI=1S/C25H26N2O4S/c1-2-3-5-17-7-9-18(10-8-17)24(22-6-4-13-32-22)27-23(28)15-26-25(29)19-11-12-20-21(14-19)31-16-30-20/h4,6-14,24H,2-3,5,15-16H2,1H3,(H,26,29)(H,27,28). The van der Waals surface area contributed by atoms with Gasteiger partial charge in [0.25, 0.3) is 5.91 Å². The molecule has 0 radical (unpaired) electrons. The Morgan fingerprint density at radius 2 is 1.88 bits per heavy atom. The number of aryl methyl sites for hydroxylation is 1. The van der Waals surface area contributed by atoms with Crippen molar-refractivity contribution < 1.29 is 19.1 Å². The summed E-state index contributed by atoms with van der Waals surface area (Å²) in [5.74, 6) is 0.542. The second-order valence-electron chi connectivity index (χ2n) is 7.61. The lowest BCUT2D eigenvalue weighted by Crippen LogP contribution is -2.38. The van der Waals surface area contributed by atoms with E-state index in [4.69, 9.17) is 9.47 Å². The van der Waals surface area contributed by atoms with Crippen molar-refractivity contribution in [1.82, 2.24) is 10.6 Å². The van der Waals surface area contributed by atoms with Gasteiger partial charge in [0.1, 0.15) is 0 Å². The van der Waals surface area contributed by atoms with E-state index in [-0.39, 0.29) is 31.2 Å². The minimum atomic E-state index is -0.341. The van der Waals surface area contributed by atoms with E-state index in [2.05, 4.69) is 41.8 Å². The number of benzene rings is 2. The summed E-state index contributed by atoms with van der Waals surface area (Å²) in [5, 5.41) is 7.73. The minimum absolute atomic E-state index is 0.121. The molecule has 0 spiro atoms. The molecule has 2 heterocycles. The third-order valence-electron chi connectivity index (χ3n) is 5.31. The zero-order valence-corrected chi connectivity index (χ0v) is 18.7. The molecule has 0 bridgehead atoms. The number of hydrogen-bond donors (Lipinski definition) is 2. The van der Waals surface area contributed by atoms with Gasteiger partial charge in [-0.15, -0.1) is 11.3 Å². The molecule has 4 rings (SSSR count). The van der Waals surface area contributed by atoms with Crippen molar-refractivity contribution in [2.24, 2.45) is 0 Å². The van der Waals surface area contributed by atoms with E-state index < -0.39 is 0 Å². The van der Waals surface area contributed by atoms with Gasteiger partial charge in [-0.2, -0.15) is 0 Å². The number of hydrogen-bond acceptors (Lipinski definition) is 5. The van der Waals surface area contributed by atoms with Crippen molar-refractivity contribution in [3.8, 4) is 11.5 Å². The molecule has 2 amide bonds. The maximum absolute atomic E-state index is 12.7. The fraction of sp³-hybridized carbons (Fsp3) is 0.280. The highest BCUT2D eigenvalue weighted by Gasteiger charge is 2.20. The van der Waals surface area contributed by atoms with Crippen LogP contribution in [0.5, 0.6) is 11.5 Å². The minimum Gasteiger partial charge on any atom is -0.454 e. The molecule has 32 heavy (non-hydrogen) atoms. The summed E-state index contributed by atoms with van der Waals surface area (Å²) in [6, 6.07) is 17.1. The number of nitrogens with one attached hydrogen (secondary N) is 2. The van der Waals surface area contributed by atoms with Crippen molar-refractivity contribution in [3.63, 3.8) is 0 Å². The van der Waals surface area contributed by atoms with Crippen LogP contribution >= 0.6 is 11.3 Å². The molecule has 3 aromatic rings. The molecule has 2 N–H and O–H groups in total. The number of amides is 2. The molecular weight excluding hydrogens is 424 g/mol. The van der Waals surface area contributed by atoms with Crippen LogP contribution in [-0.2, 0) is 11.2 Å². The van der Waals surface area contributed by atoms with Gasteiger partial charge in [-0.1, -0.05) is 43.7 Å². The molecule has 1 aliphatic heterocycles. The number of carbonyl (C=O) groups excluding carboxylic acids is 2. The number of ether oxygens (including phenoxy) is 2. The van der Waals surface area contributed by atoms with Crippen molar-refractivity contribution in [1.29, 1.82) is 0 Å². The summed E-state index contributed by atoms with van der Waals surface area (Å²) in [5.41, 5.74) is 2.73. The summed E-state index contributed by atoms with van der Waals surface area (Å²) < 4.78 is 10.6. The van der Waals surface area contributed by atoms with Crippen LogP contribution in [0.15, 0.2) is 60.0 Å². The van der Waals surface area contributed by atoms with Crippen molar-refractivity contribution in [3.05, 3.63) is 81.5 Å². The third-order valence-corrected chi connectivity index (χ3v) is 6.25.